The summed E-state index contributed by atoms with van der Waals surface area (Å²) in [5.41, 5.74) is 1.62. The van der Waals surface area contributed by atoms with Crippen molar-refractivity contribution in [1.82, 2.24) is 5.32 Å². The molecule has 31 heavy (non-hydrogen) atoms. The van der Waals surface area contributed by atoms with E-state index in [0.717, 1.165) is 44.6 Å². The van der Waals surface area contributed by atoms with Crippen molar-refractivity contribution >= 4 is 17.5 Å². The number of carbonyl (C=O) groups excluding carboxylic acids is 2. The summed E-state index contributed by atoms with van der Waals surface area (Å²) in [6.07, 6.45) is 1.93. The first-order valence-corrected chi connectivity index (χ1v) is 11.1. The number of carbonyl (C=O) groups is 2. The quantitative estimate of drug-likeness (QED) is 0.461. The number of quaternary nitrogens is 2. The Labute approximate surface area is 183 Å². The Morgan fingerprint density at radius 1 is 0.935 bits per heavy atom. The van der Waals surface area contributed by atoms with Gasteiger partial charge in [0.2, 0.25) is 0 Å². The highest BCUT2D eigenvalue weighted by Crippen LogP contribution is 2.17. The number of piperazine rings is 1. The molecule has 166 valence electrons. The van der Waals surface area contributed by atoms with Gasteiger partial charge in [-0.3, -0.25) is 9.59 Å². The van der Waals surface area contributed by atoms with Gasteiger partial charge in [-0.1, -0.05) is 49.7 Å². The molecule has 0 spiro atoms. The zero-order valence-electron chi connectivity index (χ0n) is 18.1. The van der Waals surface area contributed by atoms with Gasteiger partial charge in [-0.15, -0.1) is 0 Å². The highest BCUT2D eigenvalue weighted by molar-refractivity contribution is 5.91. The molecular formula is C24H33FN4O2+2. The van der Waals surface area contributed by atoms with Crippen LogP contribution < -0.4 is 20.4 Å². The minimum Gasteiger partial charge on any atom is -0.344 e. The number of hydrogen-bond acceptors (Lipinski definition) is 2. The summed E-state index contributed by atoms with van der Waals surface area (Å²) in [7, 11) is 0. The van der Waals surface area contributed by atoms with Gasteiger partial charge in [0, 0.05) is 5.69 Å². The molecule has 6 nitrogen and oxygen atoms in total. The Morgan fingerprint density at radius 3 is 2.19 bits per heavy atom. The predicted molar refractivity (Wildman–Crippen MR) is 118 cm³/mol. The van der Waals surface area contributed by atoms with Gasteiger partial charge < -0.3 is 20.4 Å². The molecule has 0 saturated carbocycles. The van der Waals surface area contributed by atoms with Crippen LogP contribution in [0.2, 0.25) is 0 Å². The van der Waals surface area contributed by atoms with Gasteiger partial charge in [-0.2, -0.15) is 0 Å². The number of nitrogens with one attached hydrogen (secondary N) is 4. The second kappa shape index (κ2) is 11.6. The van der Waals surface area contributed by atoms with Crippen LogP contribution in [0, 0.1) is 5.82 Å². The van der Waals surface area contributed by atoms with E-state index in [9.17, 15) is 14.0 Å². The minimum absolute atomic E-state index is 0.0523. The van der Waals surface area contributed by atoms with Gasteiger partial charge in [-0.05, 0) is 30.2 Å². The summed E-state index contributed by atoms with van der Waals surface area (Å²) in [6.45, 7) is 6.28. The summed E-state index contributed by atoms with van der Waals surface area (Å²) >= 11 is 0. The zero-order valence-corrected chi connectivity index (χ0v) is 18.1. The fourth-order valence-corrected chi connectivity index (χ4v) is 4.08. The number of benzene rings is 2. The number of anilines is 1. The molecule has 0 radical (unpaired) electrons. The van der Waals surface area contributed by atoms with Crippen molar-refractivity contribution in [3.8, 4) is 0 Å². The first kappa shape index (κ1) is 22.9. The summed E-state index contributed by atoms with van der Waals surface area (Å²) < 4.78 is 13.3. The monoisotopic (exact) mass is 428 g/mol. The molecule has 4 N–H and O–H groups in total. The lowest BCUT2D eigenvalue weighted by Gasteiger charge is -2.29. The minimum atomic E-state index is -0.367. The van der Waals surface area contributed by atoms with Crippen LogP contribution in [0.15, 0.2) is 54.6 Å². The molecule has 1 heterocycles. The van der Waals surface area contributed by atoms with E-state index in [1.807, 2.05) is 18.2 Å². The molecule has 1 aliphatic heterocycles. The smallest absolute Gasteiger partial charge is 0.279 e. The molecule has 0 bridgehead atoms. The summed E-state index contributed by atoms with van der Waals surface area (Å²) in [5.74, 6) is -0.411. The van der Waals surface area contributed by atoms with Crippen LogP contribution in [0.1, 0.15) is 31.4 Å². The Morgan fingerprint density at radius 2 is 1.58 bits per heavy atom. The zero-order chi connectivity index (χ0) is 22.1. The fraction of sp³-hybridized carbons (Fsp3) is 0.417. The average Bonchev–Trinajstić information content (AvgIpc) is 2.75. The number of halogens is 1. The average molecular weight is 429 g/mol. The maximum Gasteiger partial charge on any atom is 0.279 e. The molecule has 2 aromatic rings. The van der Waals surface area contributed by atoms with Crippen molar-refractivity contribution in [3.05, 3.63) is 66.0 Å². The van der Waals surface area contributed by atoms with Crippen LogP contribution in [-0.4, -0.2) is 51.1 Å². The van der Waals surface area contributed by atoms with Gasteiger partial charge >= 0.3 is 0 Å². The standard InChI is InChI=1S/C24H31FN4O2/c1-2-7-22(19-8-4-3-5-9-19)27-24(31)18-29-14-12-28(13-15-29)17-23(30)26-21-11-6-10-20(25)16-21/h3-6,8-11,16,22H,2,7,12-15,17-18H2,1H3,(H,26,30)(H,27,31)/p+2/t22-/m1/s1. The van der Waals surface area contributed by atoms with Crippen LogP contribution in [-0.2, 0) is 9.59 Å². The van der Waals surface area contributed by atoms with Crippen molar-refractivity contribution in [1.29, 1.82) is 0 Å². The molecule has 0 aromatic heterocycles. The Balaban J connectivity index is 1.41. The molecule has 7 heteroatoms. The van der Waals surface area contributed by atoms with E-state index in [1.54, 1.807) is 12.1 Å². The highest BCUT2D eigenvalue weighted by atomic mass is 19.1. The van der Waals surface area contributed by atoms with Crippen LogP contribution in [0.25, 0.3) is 0 Å². The largest absolute Gasteiger partial charge is 0.344 e. The van der Waals surface area contributed by atoms with Gasteiger partial charge in [0.25, 0.3) is 11.8 Å². The van der Waals surface area contributed by atoms with Crippen molar-refractivity contribution < 1.29 is 23.8 Å². The van der Waals surface area contributed by atoms with Crippen LogP contribution >= 0.6 is 0 Å². The van der Waals surface area contributed by atoms with Crippen LogP contribution in [0.3, 0.4) is 0 Å². The summed E-state index contributed by atoms with van der Waals surface area (Å²) in [5, 5.41) is 5.95. The van der Waals surface area contributed by atoms with E-state index in [1.165, 1.54) is 21.9 Å². The third-order valence-electron chi connectivity index (χ3n) is 5.71. The molecule has 1 fully saturated rings. The lowest BCUT2D eigenvalue weighted by atomic mass is 10.0. The number of amides is 2. The van der Waals surface area contributed by atoms with E-state index in [4.69, 9.17) is 0 Å². The molecule has 2 aromatic carbocycles. The van der Waals surface area contributed by atoms with Crippen molar-refractivity contribution in [2.75, 3.05) is 44.6 Å². The lowest BCUT2D eigenvalue weighted by Crippen LogP contribution is -3.28. The van der Waals surface area contributed by atoms with Crippen LogP contribution in [0.4, 0.5) is 10.1 Å². The summed E-state index contributed by atoms with van der Waals surface area (Å²) in [4.78, 5) is 27.3. The van der Waals surface area contributed by atoms with Crippen molar-refractivity contribution in [2.24, 2.45) is 0 Å². The topological polar surface area (TPSA) is 67.1 Å². The molecule has 1 aliphatic rings. The van der Waals surface area contributed by atoms with E-state index in [0.29, 0.717) is 18.8 Å². The molecule has 2 amide bonds. The van der Waals surface area contributed by atoms with E-state index >= 15 is 0 Å². The maximum atomic E-state index is 13.3. The van der Waals surface area contributed by atoms with Gasteiger partial charge in [0.1, 0.15) is 32.0 Å². The highest BCUT2D eigenvalue weighted by Gasteiger charge is 2.27. The Bertz CT molecular complexity index is 854. The molecule has 1 atom stereocenters. The Hall–Kier alpha value is -2.77. The molecule has 0 unspecified atom stereocenters. The second-order valence-corrected chi connectivity index (χ2v) is 8.23. The third-order valence-corrected chi connectivity index (χ3v) is 5.71. The maximum absolute atomic E-state index is 13.3. The summed E-state index contributed by atoms with van der Waals surface area (Å²) in [6, 6.07) is 16.1. The van der Waals surface area contributed by atoms with Crippen molar-refractivity contribution in [2.45, 2.75) is 25.8 Å². The third kappa shape index (κ3) is 7.45. The molecule has 3 rings (SSSR count). The van der Waals surface area contributed by atoms with Gasteiger partial charge in [0.15, 0.2) is 13.1 Å². The van der Waals surface area contributed by atoms with E-state index < -0.39 is 0 Å². The molecular weight excluding hydrogens is 395 g/mol. The van der Waals surface area contributed by atoms with Crippen LogP contribution in [0.5, 0.6) is 0 Å². The Kier molecular flexibility index (Phi) is 8.55. The predicted octanol–water partition coefficient (Wildman–Crippen LogP) is 0.205. The van der Waals surface area contributed by atoms with Gasteiger partial charge in [-0.25, -0.2) is 4.39 Å². The molecule has 0 aliphatic carbocycles. The fourth-order valence-electron chi connectivity index (χ4n) is 4.08. The van der Waals surface area contributed by atoms with E-state index in [-0.39, 0.29) is 23.7 Å². The lowest BCUT2D eigenvalue weighted by molar-refractivity contribution is -1.00. The SMILES string of the molecule is CCC[C@@H](NC(=O)C[NH+]1CC[NH+](CC(=O)Nc2cccc(F)c2)CC1)c1ccccc1. The first-order chi connectivity index (χ1) is 15.0. The normalized spacial score (nSPS) is 19.4. The van der Waals surface area contributed by atoms with Crippen molar-refractivity contribution in [3.63, 3.8) is 0 Å². The van der Waals surface area contributed by atoms with Gasteiger partial charge in [0.05, 0.1) is 6.04 Å². The molecule has 1 saturated heterocycles. The second-order valence-electron chi connectivity index (χ2n) is 8.23. The number of hydrogen-bond donors (Lipinski definition) is 4. The first-order valence-electron chi connectivity index (χ1n) is 11.1. The number of rotatable bonds is 9. The van der Waals surface area contributed by atoms with E-state index in [2.05, 4.69) is 29.7 Å².